The number of hydrogen-bond acceptors (Lipinski definition) is 4. The molecule has 0 heterocycles. The standard InChI is InChI=1S/C12H16FNO3S/c1-2-18(16,17)11-10(12(11,14)7-15)8-4-3-5-9(13)6-8/h3-6,10-11,15H,2,7,14H2,1H3/t10-,11-,12-/m0/s1. The molecule has 0 aromatic heterocycles. The molecule has 0 amide bonds. The summed E-state index contributed by atoms with van der Waals surface area (Å²) < 4.78 is 37.0. The van der Waals surface area contributed by atoms with Crippen LogP contribution in [0.2, 0.25) is 0 Å². The van der Waals surface area contributed by atoms with Crippen molar-refractivity contribution in [3.05, 3.63) is 35.6 Å². The van der Waals surface area contributed by atoms with Gasteiger partial charge in [-0.2, -0.15) is 0 Å². The third-order valence-electron chi connectivity index (χ3n) is 3.57. The van der Waals surface area contributed by atoms with E-state index in [4.69, 9.17) is 5.73 Å². The summed E-state index contributed by atoms with van der Waals surface area (Å²) in [5.41, 5.74) is 5.26. The second kappa shape index (κ2) is 4.29. The van der Waals surface area contributed by atoms with Gasteiger partial charge in [-0.25, -0.2) is 12.8 Å². The topological polar surface area (TPSA) is 80.4 Å². The van der Waals surface area contributed by atoms with Gasteiger partial charge in [0.25, 0.3) is 0 Å². The first-order valence-corrected chi connectivity index (χ1v) is 7.45. The van der Waals surface area contributed by atoms with Crippen LogP contribution in [-0.2, 0) is 9.84 Å². The summed E-state index contributed by atoms with van der Waals surface area (Å²) in [6.45, 7) is 1.10. The molecule has 1 aliphatic carbocycles. The molecular formula is C12H16FNO3S. The number of aliphatic hydroxyl groups is 1. The van der Waals surface area contributed by atoms with Crippen LogP contribution in [0.5, 0.6) is 0 Å². The van der Waals surface area contributed by atoms with E-state index in [9.17, 15) is 17.9 Å². The van der Waals surface area contributed by atoms with Gasteiger partial charge in [-0.3, -0.25) is 0 Å². The number of aliphatic hydroxyl groups excluding tert-OH is 1. The third-order valence-corrected chi connectivity index (χ3v) is 5.86. The molecule has 3 atom stereocenters. The van der Waals surface area contributed by atoms with E-state index in [1.54, 1.807) is 6.07 Å². The summed E-state index contributed by atoms with van der Waals surface area (Å²) in [4.78, 5) is 0. The normalized spacial score (nSPS) is 31.3. The molecule has 0 unspecified atom stereocenters. The maximum atomic E-state index is 13.2. The molecule has 1 aromatic rings. The molecule has 0 aliphatic heterocycles. The maximum Gasteiger partial charge on any atom is 0.155 e. The van der Waals surface area contributed by atoms with Crippen LogP contribution in [0.25, 0.3) is 0 Å². The van der Waals surface area contributed by atoms with Crippen molar-refractivity contribution in [3.63, 3.8) is 0 Å². The Morgan fingerprint density at radius 2 is 2.17 bits per heavy atom. The summed E-state index contributed by atoms with van der Waals surface area (Å²) in [6.07, 6.45) is 0. The van der Waals surface area contributed by atoms with Crippen LogP contribution in [0.15, 0.2) is 24.3 Å². The fourth-order valence-electron chi connectivity index (χ4n) is 2.52. The van der Waals surface area contributed by atoms with Crippen LogP contribution in [0.1, 0.15) is 18.4 Å². The second-order valence-electron chi connectivity index (χ2n) is 4.68. The van der Waals surface area contributed by atoms with E-state index in [1.807, 2.05) is 0 Å². The molecule has 0 saturated heterocycles. The number of benzene rings is 1. The van der Waals surface area contributed by atoms with Crippen molar-refractivity contribution in [1.82, 2.24) is 0 Å². The minimum atomic E-state index is -3.36. The van der Waals surface area contributed by atoms with Gasteiger partial charge in [-0.15, -0.1) is 0 Å². The minimum Gasteiger partial charge on any atom is -0.394 e. The molecule has 0 spiro atoms. The molecular weight excluding hydrogens is 257 g/mol. The van der Waals surface area contributed by atoms with Crippen LogP contribution in [0.4, 0.5) is 4.39 Å². The van der Waals surface area contributed by atoms with E-state index in [-0.39, 0.29) is 5.75 Å². The Hall–Kier alpha value is -0.980. The van der Waals surface area contributed by atoms with Crippen molar-refractivity contribution >= 4 is 9.84 Å². The zero-order valence-electron chi connectivity index (χ0n) is 10.0. The Morgan fingerprint density at radius 1 is 1.50 bits per heavy atom. The van der Waals surface area contributed by atoms with Gasteiger partial charge in [0.05, 0.1) is 17.4 Å². The Kier molecular flexibility index (Phi) is 3.21. The van der Waals surface area contributed by atoms with Crippen molar-refractivity contribution in [2.24, 2.45) is 5.73 Å². The monoisotopic (exact) mass is 273 g/mol. The smallest absolute Gasteiger partial charge is 0.155 e. The highest BCUT2D eigenvalue weighted by Crippen LogP contribution is 2.54. The fourth-order valence-corrected chi connectivity index (χ4v) is 4.51. The van der Waals surface area contributed by atoms with E-state index in [1.165, 1.54) is 25.1 Å². The molecule has 1 fully saturated rings. The summed E-state index contributed by atoms with van der Waals surface area (Å²) in [6, 6.07) is 5.70. The average molecular weight is 273 g/mol. The zero-order chi connectivity index (χ0) is 13.6. The number of nitrogens with two attached hydrogens (primary N) is 1. The summed E-state index contributed by atoms with van der Waals surface area (Å²) in [7, 11) is -3.36. The van der Waals surface area contributed by atoms with Crippen molar-refractivity contribution in [2.45, 2.75) is 23.6 Å². The molecule has 100 valence electrons. The van der Waals surface area contributed by atoms with Gasteiger partial charge in [0.1, 0.15) is 5.82 Å². The van der Waals surface area contributed by atoms with Crippen molar-refractivity contribution in [2.75, 3.05) is 12.4 Å². The van der Waals surface area contributed by atoms with Crippen LogP contribution in [-0.4, -0.2) is 36.7 Å². The molecule has 18 heavy (non-hydrogen) atoms. The zero-order valence-corrected chi connectivity index (χ0v) is 10.8. The van der Waals surface area contributed by atoms with Gasteiger partial charge in [-0.05, 0) is 17.7 Å². The van der Waals surface area contributed by atoms with Gasteiger partial charge in [-0.1, -0.05) is 19.1 Å². The van der Waals surface area contributed by atoms with Crippen LogP contribution in [0, 0.1) is 5.82 Å². The van der Waals surface area contributed by atoms with Gasteiger partial charge in [0, 0.05) is 11.7 Å². The largest absolute Gasteiger partial charge is 0.394 e. The fraction of sp³-hybridized carbons (Fsp3) is 0.500. The minimum absolute atomic E-state index is 0.0393. The molecule has 1 saturated carbocycles. The first-order valence-electron chi connectivity index (χ1n) is 5.73. The lowest BCUT2D eigenvalue weighted by molar-refractivity contribution is 0.253. The number of sulfone groups is 1. The highest BCUT2D eigenvalue weighted by atomic mass is 32.2. The van der Waals surface area contributed by atoms with Gasteiger partial charge >= 0.3 is 0 Å². The molecule has 0 bridgehead atoms. The van der Waals surface area contributed by atoms with E-state index in [0.29, 0.717) is 5.56 Å². The quantitative estimate of drug-likeness (QED) is 0.833. The van der Waals surface area contributed by atoms with E-state index < -0.39 is 39.0 Å². The molecule has 3 N–H and O–H groups in total. The third kappa shape index (κ3) is 1.94. The van der Waals surface area contributed by atoms with E-state index >= 15 is 0 Å². The highest BCUT2D eigenvalue weighted by Gasteiger charge is 2.68. The average Bonchev–Trinajstić information content (AvgIpc) is 2.98. The van der Waals surface area contributed by atoms with Crippen molar-refractivity contribution in [3.8, 4) is 0 Å². The van der Waals surface area contributed by atoms with Crippen LogP contribution >= 0.6 is 0 Å². The molecule has 6 heteroatoms. The Morgan fingerprint density at radius 3 is 2.67 bits per heavy atom. The van der Waals surface area contributed by atoms with Crippen molar-refractivity contribution in [1.29, 1.82) is 0 Å². The van der Waals surface area contributed by atoms with Crippen LogP contribution < -0.4 is 5.73 Å². The predicted octanol–water partition coefficient (Wildman–Crippen LogP) is 0.416. The molecule has 2 rings (SSSR count). The van der Waals surface area contributed by atoms with Gasteiger partial charge in [0.15, 0.2) is 9.84 Å². The number of rotatable bonds is 4. The Bertz CT molecular complexity index is 560. The lowest BCUT2D eigenvalue weighted by Gasteiger charge is -2.07. The lowest BCUT2D eigenvalue weighted by Crippen LogP contribution is -2.35. The lowest BCUT2D eigenvalue weighted by atomic mass is 10.1. The SMILES string of the molecule is CCS(=O)(=O)[C@H]1[C@H](c2cccc(F)c2)[C@@]1(N)CO. The van der Waals surface area contributed by atoms with Crippen molar-refractivity contribution < 1.29 is 17.9 Å². The number of hydrogen-bond donors (Lipinski definition) is 2. The Labute approximate surface area is 106 Å². The summed E-state index contributed by atoms with van der Waals surface area (Å²) >= 11 is 0. The summed E-state index contributed by atoms with van der Waals surface area (Å²) in [5.74, 6) is -1.02. The number of halogens is 1. The molecule has 0 radical (unpaired) electrons. The first kappa shape index (κ1) is 13.5. The van der Waals surface area contributed by atoms with E-state index in [2.05, 4.69) is 0 Å². The molecule has 4 nitrogen and oxygen atoms in total. The summed E-state index contributed by atoms with van der Waals surface area (Å²) in [5, 5.41) is 8.48. The van der Waals surface area contributed by atoms with Gasteiger partial charge in [0.2, 0.25) is 0 Å². The second-order valence-corrected chi connectivity index (χ2v) is 7.09. The van der Waals surface area contributed by atoms with Gasteiger partial charge < -0.3 is 10.8 Å². The highest BCUT2D eigenvalue weighted by molar-refractivity contribution is 7.92. The molecule has 1 aromatic carbocycles. The first-order chi connectivity index (χ1) is 8.36. The van der Waals surface area contributed by atoms with Crippen LogP contribution in [0.3, 0.4) is 0 Å². The maximum absolute atomic E-state index is 13.2. The Balaban J connectivity index is 2.40. The van der Waals surface area contributed by atoms with E-state index in [0.717, 1.165) is 0 Å². The molecule has 1 aliphatic rings. The predicted molar refractivity (Wildman–Crippen MR) is 66.4 cm³/mol.